The van der Waals surface area contributed by atoms with Gasteiger partial charge in [-0.2, -0.15) is 70.2 Å². The second kappa shape index (κ2) is 16.1. The van der Waals surface area contributed by atoms with E-state index in [0.717, 1.165) is 24.3 Å². The van der Waals surface area contributed by atoms with Crippen molar-refractivity contribution in [2.75, 3.05) is 0 Å². The summed E-state index contributed by atoms with van der Waals surface area (Å²) in [5.74, 6) is -64.3. The Kier molecular flexibility index (Phi) is 13.0. The lowest BCUT2D eigenvalue weighted by molar-refractivity contribution is -0.471. The number of benzene rings is 2. The van der Waals surface area contributed by atoms with Gasteiger partial charge in [0.1, 0.15) is 11.5 Å². The van der Waals surface area contributed by atoms with E-state index in [2.05, 4.69) is 22.6 Å². The quantitative estimate of drug-likeness (QED) is 0.0848. The summed E-state index contributed by atoms with van der Waals surface area (Å²) >= 11 is 0. The summed E-state index contributed by atoms with van der Waals surface area (Å²) in [7, 11) is 0. The monoisotopic (exact) mass is 886 g/mol. The molecule has 2 saturated carbocycles. The predicted octanol–water partition coefficient (Wildman–Crippen LogP) is 12.4. The Morgan fingerprint density at radius 3 is 1.07 bits per heavy atom. The molecule has 2 aromatic carbocycles. The number of hydrogen-bond donors (Lipinski definition) is 0. The van der Waals surface area contributed by atoms with Crippen LogP contribution in [-0.4, -0.2) is 71.7 Å². The molecule has 0 spiro atoms. The van der Waals surface area contributed by atoms with Crippen LogP contribution in [0.3, 0.4) is 0 Å². The van der Waals surface area contributed by atoms with Crippen LogP contribution in [0.25, 0.3) is 0 Å². The topological polar surface area (TPSA) is 46.2 Å². The minimum atomic E-state index is -6.94. The number of hydrogen-bond acceptors (Lipinski definition) is 5. The number of rotatable bonds is 18. The van der Waals surface area contributed by atoms with E-state index in [4.69, 9.17) is 14.2 Å². The molecule has 0 aromatic heterocycles. The molecule has 0 heterocycles. The van der Waals surface area contributed by atoms with Crippen molar-refractivity contribution in [1.82, 2.24) is 0 Å². The number of halogens is 18. The van der Waals surface area contributed by atoms with Gasteiger partial charge in [0.05, 0.1) is 24.4 Å². The van der Waals surface area contributed by atoms with Crippen LogP contribution in [0.5, 0.6) is 11.5 Å². The lowest BCUT2D eigenvalue weighted by Gasteiger charge is -2.48. The van der Waals surface area contributed by atoms with Crippen molar-refractivity contribution in [2.45, 2.75) is 123 Å². The van der Waals surface area contributed by atoms with Gasteiger partial charge in [0, 0.05) is 25.7 Å². The van der Waals surface area contributed by atoms with E-state index >= 15 is 8.78 Å². The molecule has 59 heavy (non-hydrogen) atoms. The molecule has 5 nitrogen and oxygen atoms in total. The van der Waals surface area contributed by atoms with Gasteiger partial charge < -0.3 is 23.7 Å². The third kappa shape index (κ3) is 8.63. The normalized spacial score (nSPS) is 27.8. The first-order valence-electron chi connectivity index (χ1n) is 17.0. The molecule has 332 valence electrons. The van der Waals surface area contributed by atoms with Crippen molar-refractivity contribution in [3.63, 3.8) is 0 Å². The van der Waals surface area contributed by atoms with Gasteiger partial charge in [0.2, 0.25) is 12.6 Å². The summed E-state index contributed by atoms with van der Waals surface area (Å²) in [5.41, 5.74) is 0. The van der Waals surface area contributed by atoms with Crippen LogP contribution in [0.15, 0.2) is 85.3 Å². The van der Waals surface area contributed by atoms with Gasteiger partial charge in [0.25, 0.3) is 11.7 Å². The number of para-hydroxylation sites is 2. The predicted molar refractivity (Wildman–Crippen MR) is 167 cm³/mol. The van der Waals surface area contributed by atoms with E-state index < -0.39 is 110 Å². The fourth-order valence-electron chi connectivity index (χ4n) is 5.81. The van der Waals surface area contributed by atoms with Crippen LogP contribution < -0.4 is 9.47 Å². The third-order valence-electron chi connectivity index (χ3n) is 9.07. The third-order valence-corrected chi connectivity index (χ3v) is 9.07. The summed E-state index contributed by atoms with van der Waals surface area (Å²) in [6.07, 6.45) is -14.4. The van der Waals surface area contributed by atoms with Gasteiger partial charge in [-0.15, -0.1) is 0 Å². The summed E-state index contributed by atoms with van der Waals surface area (Å²) in [6, 6.07) is 12.5. The molecule has 23 heteroatoms. The van der Waals surface area contributed by atoms with Crippen molar-refractivity contribution in [2.24, 2.45) is 0 Å². The van der Waals surface area contributed by atoms with Gasteiger partial charge in [-0.25, -0.2) is 8.78 Å². The van der Waals surface area contributed by atoms with Crippen molar-refractivity contribution in [3.8, 4) is 11.5 Å². The molecule has 4 rings (SSSR count). The highest BCUT2D eigenvalue weighted by Crippen LogP contribution is 2.66. The maximum atomic E-state index is 15.4. The highest BCUT2D eigenvalue weighted by Gasteiger charge is 2.93. The van der Waals surface area contributed by atoms with Crippen LogP contribution in [0.1, 0.15) is 51.4 Å². The molecule has 0 radical (unpaired) electrons. The molecule has 4 atom stereocenters. The highest BCUT2D eigenvalue weighted by atomic mass is 19.4. The molecule has 4 unspecified atom stereocenters. The van der Waals surface area contributed by atoms with Crippen molar-refractivity contribution in [3.05, 3.63) is 85.3 Å². The van der Waals surface area contributed by atoms with Crippen LogP contribution >= 0.6 is 0 Å². The fourth-order valence-corrected chi connectivity index (χ4v) is 5.81. The van der Waals surface area contributed by atoms with Crippen LogP contribution in [-0.2, 0) is 14.2 Å². The molecule has 2 aliphatic rings. The van der Waals surface area contributed by atoms with Crippen molar-refractivity contribution >= 4 is 0 Å². The SMILES string of the molecule is C=C(CCCC(Oc1ccccc1)OC1(F)CC(F)(F)C(F)(F)C(F)(F)C1(F)F)OC(=C)CCCC(Oc1ccccc1)OC1(F)CC(F)(F)C(F)(F)C(F)(F)C1(F)F. The Hall–Kier alpha value is -4.02. The zero-order chi connectivity index (χ0) is 44.7. The van der Waals surface area contributed by atoms with Gasteiger partial charge in [-0.05, 0) is 37.1 Å². The lowest BCUT2D eigenvalue weighted by Crippen LogP contribution is -2.75. The Bertz CT molecular complexity index is 1650. The molecule has 0 bridgehead atoms. The molecular formula is C36H32F18O5. The van der Waals surface area contributed by atoms with E-state index in [1.807, 2.05) is 0 Å². The molecule has 0 N–H and O–H groups in total. The van der Waals surface area contributed by atoms with Crippen LogP contribution in [0, 0.1) is 0 Å². The zero-order valence-corrected chi connectivity index (χ0v) is 29.8. The largest absolute Gasteiger partial charge is 0.467 e. The lowest BCUT2D eigenvalue weighted by atomic mass is 9.81. The van der Waals surface area contributed by atoms with Gasteiger partial charge in [-0.3, -0.25) is 0 Å². The van der Waals surface area contributed by atoms with Gasteiger partial charge in [-0.1, -0.05) is 49.6 Å². The van der Waals surface area contributed by atoms with Crippen molar-refractivity contribution < 1.29 is 103 Å². The minimum Gasteiger partial charge on any atom is -0.467 e. The molecule has 0 aliphatic heterocycles. The summed E-state index contributed by atoms with van der Waals surface area (Å²) in [5, 5.41) is 0. The Balaban J connectivity index is 1.40. The van der Waals surface area contributed by atoms with Crippen LogP contribution in [0.4, 0.5) is 79.0 Å². The average Bonchev–Trinajstić information content (AvgIpc) is 3.10. The summed E-state index contributed by atoms with van der Waals surface area (Å²) in [4.78, 5) is 0. The Labute approximate surface area is 322 Å². The smallest absolute Gasteiger partial charge is 0.384 e. The molecule has 0 saturated heterocycles. The average molecular weight is 887 g/mol. The first-order valence-corrected chi connectivity index (χ1v) is 17.0. The van der Waals surface area contributed by atoms with E-state index in [1.165, 1.54) is 36.4 Å². The molecule has 2 fully saturated rings. The van der Waals surface area contributed by atoms with Gasteiger partial charge in [0.15, 0.2) is 0 Å². The van der Waals surface area contributed by atoms with Crippen LogP contribution in [0.2, 0.25) is 0 Å². The highest BCUT2D eigenvalue weighted by molar-refractivity contribution is 5.23. The Morgan fingerprint density at radius 1 is 0.458 bits per heavy atom. The van der Waals surface area contributed by atoms with E-state index in [1.54, 1.807) is 0 Å². The van der Waals surface area contributed by atoms with E-state index in [0.29, 0.717) is 0 Å². The molecule has 2 aromatic rings. The maximum absolute atomic E-state index is 15.4. The van der Waals surface area contributed by atoms with E-state index in [9.17, 15) is 70.2 Å². The second-order valence-corrected chi connectivity index (χ2v) is 13.6. The van der Waals surface area contributed by atoms with Gasteiger partial charge >= 0.3 is 47.4 Å². The summed E-state index contributed by atoms with van der Waals surface area (Å²) < 4.78 is 281. The molecular weight excluding hydrogens is 854 g/mol. The molecule has 2 aliphatic carbocycles. The maximum Gasteiger partial charge on any atom is 0.384 e. The second-order valence-electron chi connectivity index (χ2n) is 13.6. The fraction of sp³-hybridized carbons (Fsp3) is 0.556. The Morgan fingerprint density at radius 2 is 0.763 bits per heavy atom. The standard InChI is InChI=1S/C36H32F18O5/c1-21(11-9-17-25(56-23-13-5-3-6-14-23)58-29(41)19-27(37,38)31(43,44)35(51,52)33(29,47)48)55-22(2)12-10-18-26(57-24-15-7-4-8-16-24)59-30(42)20-28(39,40)32(45,46)36(53,54)34(30,49)50/h3-8,13-16,25-26H,1-2,9-12,17-20H2. The minimum absolute atomic E-state index is 0.271. The first kappa shape index (κ1) is 47.7. The number of allylic oxidation sites excluding steroid dienone is 2. The summed E-state index contributed by atoms with van der Waals surface area (Å²) in [6.45, 7) is 6.99. The zero-order valence-electron chi connectivity index (χ0n) is 29.8. The molecule has 0 amide bonds. The number of alkyl halides is 18. The van der Waals surface area contributed by atoms with Crippen molar-refractivity contribution in [1.29, 1.82) is 0 Å². The number of ether oxygens (including phenoxy) is 5. The first-order chi connectivity index (χ1) is 26.8. The van der Waals surface area contributed by atoms with E-state index in [-0.39, 0.29) is 35.9 Å².